The number of rotatable bonds is 4. The lowest BCUT2D eigenvalue weighted by atomic mass is 10.1. The van der Waals surface area contributed by atoms with E-state index in [0.717, 1.165) is 32.4 Å². The molecule has 1 aliphatic heterocycles. The van der Waals surface area contributed by atoms with Crippen LogP contribution in [0.25, 0.3) is 0 Å². The number of hydrogen-bond donors (Lipinski definition) is 1. The molecule has 1 amide bonds. The van der Waals surface area contributed by atoms with Gasteiger partial charge in [-0.1, -0.05) is 23.2 Å². The fourth-order valence-electron chi connectivity index (χ4n) is 2.85. The van der Waals surface area contributed by atoms with Gasteiger partial charge in [-0.05, 0) is 61.7 Å². The van der Waals surface area contributed by atoms with Gasteiger partial charge in [0.05, 0.1) is 21.2 Å². The molecule has 0 bridgehead atoms. The Morgan fingerprint density at radius 2 is 1.62 bits per heavy atom. The predicted octanol–water partition coefficient (Wildman–Crippen LogP) is 4.42. The van der Waals surface area contributed by atoms with Crippen LogP contribution in [0.1, 0.15) is 29.6 Å². The van der Waals surface area contributed by atoms with Crippen LogP contribution >= 0.6 is 23.2 Å². The summed E-state index contributed by atoms with van der Waals surface area (Å²) < 4.78 is 27.3. The Labute approximate surface area is 163 Å². The zero-order valence-corrected chi connectivity index (χ0v) is 16.2. The summed E-state index contributed by atoms with van der Waals surface area (Å²) in [5.41, 5.74) is 0.670. The van der Waals surface area contributed by atoms with Crippen molar-refractivity contribution in [2.24, 2.45) is 0 Å². The van der Waals surface area contributed by atoms with E-state index in [4.69, 9.17) is 23.2 Å². The van der Waals surface area contributed by atoms with Crippen molar-refractivity contribution in [1.29, 1.82) is 0 Å². The van der Waals surface area contributed by atoms with Gasteiger partial charge in [-0.25, -0.2) is 8.42 Å². The van der Waals surface area contributed by atoms with Gasteiger partial charge in [0.1, 0.15) is 0 Å². The molecule has 0 unspecified atom stereocenters. The monoisotopic (exact) mass is 412 g/mol. The number of benzene rings is 2. The van der Waals surface area contributed by atoms with Crippen molar-refractivity contribution in [1.82, 2.24) is 4.90 Å². The first-order valence-corrected chi connectivity index (χ1v) is 10.5. The van der Waals surface area contributed by atoms with E-state index < -0.39 is 10.0 Å². The van der Waals surface area contributed by atoms with Gasteiger partial charge in [-0.3, -0.25) is 9.52 Å². The summed E-state index contributed by atoms with van der Waals surface area (Å²) in [6, 6.07) is 10.4. The van der Waals surface area contributed by atoms with Crippen LogP contribution in [-0.2, 0) is 10.0 Å². The molecule has 138 valence electrons. The van der Waals surface area contributed by atoms with Crippen LogP contribution < -0.4 is 4.72 Å². The number of carbonyl (C=O) groups excluding carboxylic acids is 1. The van der Waals surface area contributed by atoms with Crippen LogP contribution in [-0.4, -0.2) is 32.3 Å². The fraction of sp³-hybridized carbons (Fsp3) is 0.278. The first-order chi connectivity index (χ1) is 12.4. The molecule has 8 heteroatoms. The smallest absolute Gasteiger partial charge is 0.261 e. The maximum absolute atomic E-state index is 12.6. The van der Waals surface area contributed by atoms with Crippen LogP contribution in [0.3, 0.4) is 0 Å². The maximum Gasteiger partial charge on any atom is 0.261 e. The summed E-state index contributed by atoms with van der Waals surface area (Å²) >= 11 is 12.0. The first kappa shape index (κ1) is 19.0. The van der Waals surface area contributed by atoms with Crippen molar-refractivity contribution in [3.05, 3.63) is 58.1 Å². The molecule has 3 rings (SSSR count). The normalized spacial score (nSPS) is 14.9. The van der Waals surface area contributed by atoms with Gasteiger partial charge < -0.3 is 4.90 Å². The predicted molar refractivity (Wildman–Crippen MR) is 103 cm³/mol. The summed E-state index contributed by atoms with van der Waals surface area (Å²) in [5, 5.41) is 0.671. The molecule has 1 N–H and O–H groups in total. The van der Waals surface area contributed by atoms with Gasteiger partial charge in [0.15, 0.2) is 0 Å². The van der Waals surface area contributed by atoms with Crippen LogP contribution in [0, 0.1) is 0 Å². The Balaban J connectivity index is 1.78. The summed E-state index contributed by atoms with van der Waals surface area (Å²) in [7, 11) is -3.76. The van der Waals surface area contributed by atoms with Gasteiger partial charge in [-0.15, -0.1) is 0 Å². The lowest BCUT2D eigenvalue weighted by Crippen LogP contribution is -2.35. The van der Waals surface area contributed by atoms with Crippen molar-refractivity contribution >= 4 is 44.8 Å². The van der Waals surface area contributed by atoms with Gasteiger partial charge in [-0.2, -0.15) is 0 Å². The molecule has 1 fully saturated rings. The zero-order chi connectivity index (χ0) is 18.7. The average molecular weight is 413 g/mol. The fourth-order valence-corrected chi connectivity index (χ4v) is 4.28. The van der Waals surface area contributed by atoms with E-state index in [1.807, 2.05) is 0 Å². The number of nitrogens with zero attached hydrogens (tertiary/aromatic N) is 1. The van der Waals surface area contributed by atoms with E-state index in [0.29, 0.717) is 16.3 Å². The Morgan fingerprint density at radius 1 is 0.962 bits per heavy atom. The molecule has 1 aliphatic rings. The second-order valence-electron chi connectivity index (χ2n) is 6.11. The van der Waals surface area contributed by atoms with Crippen molar-refractivity contribution in [2.45, 2.75) is 24.2 Å². The Hall–Kier alpha value is -1.76. The number of hydrogen-bond acceptors (Lipinski definition) is 3. The number of halogens is 2. The minimum absolute atomic E-state index is 0.0893. The second kappa shape index (κ2) is 7.86. The number of amides is 1. The third kappa shape index (κ3) is 4.31. The van der Waals surface area contributed by atoms with E-state index >= 15 is 0 Å². The van der Waals surface area contributed by atoms with E-state index in [1.165, 1.54) is 36.4 Å². The number of anilines is 1. The Bertz CT molecular complexity index is 909. The van der Waals surface area contributed by atoms with Crippen molar-refractivity contribution in [3.63, 3.8) is 0 Å². The molecule has 2 aromatic carbocycles. The van der Waals surface area contributed by atoms with E-state index in [2.05, 4.69) is 4.72 Å². The van der Waals surface area contributed by atoms with Gasteiger partial charge in [0.2, 0.25) is 0 Å². The zero-order valence-electron chi connectivity index (χ0n) is 13.9. The quantitative estimate of drug-likeness (QED) is 0.807. The lowest BCUT2D eigenvalue weighted by Gasteiger charge is -2.27. The van der Waals surface area contributed by atoms with E-state index in [-0.39, 0.29) is 15.8 Å². The van der Waals surface area contributed by atoms with E-state index in [9.17, 15) is 13.2 Å². The van der Waals surface area contributed by atoms with Gasteiger partial charge in [0.25, 0.3) is 15.9 Å². The first-order valence-electron chi connectivity index (χ1n) is 8.24. The molecule has 1 heterocycles. The van der Waals surface area contributed by atoms with Crippen LogP contribution in [0.2, 0.25) is 10.0 Å². The number of nitrogens with one attached hydrogen (secondary N) is 1. The largest absolute Gasteiger partial charge is 0.339 e. The van der Waals surface area contributed by atoms with Gasteiger partial charge >= 0.3 is 0 Å². The maximum atomic E-state index is 12.6. The lowest BCUT2D eigenvalue weighted by molar-refractivity contribution is 0.0724. The average Bonchev–Trinajstić information content (AvgIpc) is 2.62. The molecule has 0 radical (unpaired) electrons. The van der Waals surface area contributed by atoms with Crippen molar-refractivity contribution in [3.8, 4) is 0 Å². The second-order valence-corrected chi connectivity index (χ2v) is 8.63. The molecule has 0 spiro atoms. The standard InChI is InChI=1S/C18H18Cl2N2O3S/c19-13-4-7-15(8-5-13)26(24,25)21-14-6-9-16(17(20)12-14)18(23)22-10-2-1-3-11-22/h4-9,12,21H,1-3,10-11H2. The van der Waals surface area contributed by atoms with Crippen LogP contribution in [0.5, 0.6) is 0 Å². The number of carbonyl (C=O) groups is 1. The third-order valence-electron chi connectivity index (χ3n) is 4.22. The molecule has 1 saturated heterocycles. The number of likely N-dealkylation sites (tertiary alicyclic amines) is 1. The van der Waals surface area contributed by atoms with Crippen LogP contribution in [0.15, 0.2) is 47.4 Å². The Morgan fingerprint density at radius 3 is 2.23 bits per heavy atom. The summed E-state index contributed by atoms with van der Waals surface area (Å²) in [6.07, 6.45) is 3.10. The highest BCUT2D eigenvalue weighted by Gasteiger charge is 2.21. The molecule has 26 heavy (non-hydrogen) atoms. The van der Waals surface area contributed by atoms with Crippen molar-refractivity contribution in [2.75, 3.05) is 17.8 Å². The highest BCUT2D eigenvalue weighted by Crippen LogP contribution is 2.25. The number of piperidine rings is 1. The Kier molecular flexibility index (Phi) is 5.75. The SMILES string of the molecule is O=C(c1ccc(NS(=O)(=O)c2ccc(Cl)cc2)cc1Cl)N1CCCCC1. The molecule has 0 aliphatic carbocycles. The molecule has 0 atom stereocenters. The molecule has 2 aromatic rings. The molecule has 0 aromatic heterocycles. The van der Waals surface area contributed by atoms with Gasteiger partial charge in [0, 0.05) is 18.1 Å². The molecule has 0 saturated carbocycles. The minimum atomic E-state index is -3.76. The summed E-state index contributed by atoms with van der Waals surface area (Å²) in [5.74, 6) is -0.123. The molecular weight excluding hydrogens is 395 g/mol. The van der Waals surface area contributed by atoms with Crippen LogP contribution in [0.4, 0.5) is 5.69 Å². The highest BCUT2D eigenvalue weighted by atomic mass is 35.5. The van der Waals surface area contributed by atoms with E-state index in [1.54, 1.807) is 11.0 Å². The topological polar surface area (TPSA) is 66.5 Å². The minimum Gasteiger partial charge on any atom is -0.339 e. The highest BCUT2D eigenvalue weighted by molar-refractivity contribution is 7.92. The molecule has 5 nitrogen and oxygen atoms in total. The summed E-state index contributed by atoms with van der Waals surface area (Å²) in [4.78, 5) is 14.4. The van der Waals surface area contributed by atoms with Crippen molar-refractivity contribution < 1.29 is 13.2 Å². The molecular formula is C18H18Cl2N2O3S. The number of sulfonamides is 1. The third-order valence-corrected chi connectivity index (χ3v) is 6.18. The summed E-state index contributed by atoms with van der Waals surface area (Å²) in [6.45, 7) is 1.44.